The molecule has 0 bridgehead atoms. The molecule has 2 aliphatic heterocycles. The second kappa shape index (κ2) is 8.35. The van der Waals surface area contributed by atoms with Crippen LogP contribution in [0.4, 0.5) is 0 Å². The van der Waals surface area contributed by atoms with E-state index in [9.17, 15) is 4.79 Å². The number of amides is 1. The zero-order valence-corrected chi connectivity index (χ0v) is 15.4. The summed E-state index contributed by atoms with van der Waals surface area (Å²) in [5.41, 5.74) is 2.27. The minimum Gasteiger partial charge on any atom is -0.381 e. The molecule has 1 saturated heterocycles. The van der Waals surface area contributed by atoms with Crippen molar-refractivity contribution in [2.24, 2.45) is 11.8 Å². The Bertz CT molecular complexity index is 649. The molecule has 0 aromatic carbocycles. The number of ether oxygens (including phenoxy) is 2. The number of aromatic nitrogens is 2. The average molecular weight is 359 g/mol. The number of hydrogen-bond donors (Lipinski definition) is 1. The maximum absolute atomic E-state index is 12.4. The number of hydrogen-bond acceptors (Lipinski definition) is 4. The Morgan fingerprint density at radius 1 is 1.23 bits per heavy atom. The van der Waals surface area contributed by atoms with Gasteiger partial charge in [0, 0.05) is 38.4 Å². The van der Waals surface area contributed by atoms with Crippen LogP contribution in [0.15, 0.2) is 18.3 Å². The van der Waals surface area contributed by atoms with E-state index in [0.29, 0.717) is 19.1 Å². The average Bonchev–Trinajstić information content (AvgIpc) is 3.10. The molecule has 0 spiro atoms. The third-order valence-electron chi connectivity index (χ3n) is 5.75. The zero-order valence-electron chi connectivity index (χ0n) is 15.4. The van der Waals surface area contributed by atoms with Crippen LogP contribution in [-0.2, 0) is 27.2 Å². The number of allylic oxidation sites excluding steroid dienone is 2. The maximum Gasteiger partial charge on any atom is 0.223 e. The van der Waals surface area contributed by atoms with E-state index in [4.69, 9.17) is 14.6 Å². The number of nitrogens with zero attached hydrogens (tertiary/aromatic N) is 2. The van der Waals surface area contributed by atoms with Gasteiger partial charge in [-0.2, -0.15) is 5.10 Å². The molecule has 1 fully saturated rings. The summed E-state index contributed by atoms with van der Waals surface area (Å²) in [7, 11) is 0. The van der Waals surface area contributed by atoms with E-state index in [-0.39, 0.29) is 17.9 Å². The zero-order chi connectivity index (χ0) is 17.8. The third-order valence-corrected chi connectivity index (χ3v) is 5.75. The first-order valence-corrected chi connectivity index (χ1v) is 9.98. The van der Waals surface area contributed by atoms with Crippen molar-refractivity contribution in [1.29, 1.82) is 0 Å². The first kappa shape index (κ1) is 17.7. The van der Waals surface area contributed by atoms with Crippen molar-refractivity contribution in [3.8, 4) is 0 Å². The van der Waals surface area contributed by atoms with Gasteiger partial charge in [-0.1, -0.05) is 12.2 Å². The van der Waals surface area contributed by atoms with Crippen molar-refractivity contribution in [3.63, 3.8) is 0 Å². The van der Waals surface area contributed by atoms with E-state index in [1.807, 2.05) is 0 Å². The summed E-state index contributed by atoms with van der Waals surface area (Å²) >= 11 is 0. The summed E-state index contributed by atoms with van der Waals surface area (Å²) in [6.45, 7) is 3.88. The molecule has 1 N–H and O–H groups in total. The van der Waals surface area contributed by atoms with Crippen LogP contribution in [-0.4, -0.2) is 42.1 Å². The fourth-order valence-corrected chi connectivity index (χ4v) is 4.14. The van der Waals surface area contributed by atoms with Gasteiger partial charge < -0.3 is 14.8 Å². The SMILES string of the molecule is O=C(NC[C@H]1OCCc2cn(CC3CCOCC3)nc21)[C@@H]1CC=CCC1. The highest BCUT2D eigenvalue weighted by Crippen LogP contribution is 2.27. The summed E-state index contributed by atoms with van der Waals surface area (Å²) in [6.07, 6.45) is 12.2. The lowest BCUT2D eigenvalue weighted by molar-refractivity contribution is -0.126. The van der Waals surface area contributed by atoms with Crippen molar-refractivity contribution >= 4 is 5.91 Å². The summed E-state index contributed by atoms with van der Waals surface area (Å²) in [5.74, 6) is 0.893. The minimum atomic E-state index is -0.127. The highest BCUT2D eigenvalue weighted by molar-refractivity contribution is 5.79. The van der Waals surface area contributed by atoms with Crippen molar-refractivity contribution in [2.45, 2.75) is 51.2 Å². The van der Waals surface area contributed by atoms with E-state index in [2.05, 4.69) is 28.3 Å². The van der Waals surface area contributed by atoms with E-state index < -0.39 is 0 Å². The highest BCUT2D eigenvalue weighted by atomic mass is 16.5. The van der Waals surface area contributed by atoms with Gasteiger partial charge in [0.15, 0.2) is 0 Å². The molecular formula is C20H29N3O3. The Morgan fingerprint density at radius 2 is 2.12 bits per heavy atom. The van der Waals surface area contributed by atoms with Gasteiger partial charge in [-0.25, -0.2) is 0 Å². The molecule has 1 amide bonds. The normalized spacial score (nSPS) is 26.5. The van der Waals surface area contributed by atoms with Crippen molar-refractivity contribution < 1.29 is 14.3 Å². The van der Waals surface area contributed by atoms with Gasteiger partial charge in [-0.15, -0.1) is 0 Å². The predicted octanol–water partition coefficient (Wildman–Crippen LogP) is 2.40. The van der Waals surface area contributed by atoms with Crippen LogP contribution in [0.3, 0.4) is 0 Å². The van der Waals surface area contributed by atoms with Gasteiger partial charge in [0.1, 0.15) is 6.10 Å². The van der Waals surface area contributed by atoms with Crippen molar-refractivity contribution in [2.75, 3.05) is 26.4 Å². The lowest BCUT2D eigenvalue weighted by Crippen LogP contribution is -2.36. The van der Waals surface area contributed by atoms with Crippen LogP contribution >= 0.6 is 0 Å². The molecule has 1 aromatic rings. The Morgan fingerprint density at radius 3 is 2.92 bits per heavy atom. The summed E-state index contributed by atoms with van der Waals surface area (Å²) in [6, 6.07) is 0. The minimum absolute atomic E-state index is 0.106. The van der Waals surface area contributed by atoms with Crippen molar-refractivity contribution in [1.82, 2.24) is 15.1 Å². The molecule has 1 aromatic heterocycles. The molecule has 142 valence electrons. The second-order valence-corrected chi connectivity index (χ2v) is 7.65. The molecule has 26 heavy (non-hydrogen) atoms. The van der Waals surface area contributed by atoms with Gasteiger partial charge in [0.2, 0.25) is 5.91 Å². The summed E-state index contributed by atoms with van der Waals surface area (Å²) < 4.78 is 13.4. The molecule has 6 heteroatoms. The van der Waals surface area contributed by atoms with Gasteiger partial charge in [0.05, 0.1) is 12.3 Å². The summed E-state index contributed by atoms with van der Waals surface area (Å²) in [4.78, 5) is 12.4. The Hall–Kier alpha value is -1.66. The number of carbonyl (C=O) groups is 1. The van der Waals surface area contributed by atoms with Gasteiger partial charge >= 0.3 is 0 Å². The molecule has 4 rings (SSSR count). The van der Waals surface area contributed by atoms with Gasteiger partial charge in [-0.3, -0.25) is 9.48 Å². The fourth-order valence-electron chi connectivity index (χ4n) is 4.14. The molecule has 2 atom stereocenters. The van der Waals surface area contributed by atoms with Gasteiger partial charge in [-0.05, 0) is 50.0 Å². The quantitative estimate of drug-likeness (QED) is 0.820. The Labute approximate surface area is 154 Å². The molecular weight excluding hydrogens is 330 g/mol. The number of nitrogens with one attached hydrogen (secondary N) is 1. The molecule has 3 aliphatic rings. The van der Waals surface area contributed by atoms with Crippen LogP contribution in [0.25, 0.3) is 0 Å². The van der Waals surface area contributed by atoms with Crippen molar-refractivity contribution in [3.05, 3.63) is 29.6 Å². The van der Waals surface area contributed by atoms with E-state index >= 15 is 0 Å². The largest absolute Gasteiger partial charge is 0.381 e. The predicted molar refractivity (Wildman–Crippen MR) is 97.7 cm³/mol. The smallest absolute Gasteiger partial charge is 0.223 e. The maximum atomic E-state index is 12.4. The van der Waals surface area contributed by atoms with Crippen LogP contribution in [0.1, 0.15) is 49.5 Å². The topological polar surface area (TPSA) is 65.4 Å². The van der Waals surface area contributed by atoms with Gasteiger partial charge in [0.25, 0.3) is 0 Å². The van der Waals surface area contributed by atoms with Crippen LogP contribution in [0.2, 0.25) is 0 Å². The van der Waals surface area contributed by atoms with E-state index in [0.717, 1.165) is 64.0 Å². The van der Waals surface area contributed by atoms with Crippen LogP contribution in [0, 0.1) is 11.8 Å². The molecule has 0 radical (unpaired) electrons. The number of rotatable bonds is 5. The lowest BCUT2D eigenvalue weighted by Gasteiger charge is -2.24. The highest BCUT2D eigenvalue weighted by Gasteiger charge is 2.27. The number of fused-ring (bicyclic) bond motifs is 1. The molecule has 3 heterocycles. The standard InChI is InChI=1S/C20H29N3O3/c24-20(16-4-2-1-3-5-16)21-12-18-19-17(8-11-26-18)14-23(22-19)13-15-6-9-25-10-7-15/h1-2,14-16,18H,3-13H2,(H,21,24)/t16-,18-/m1/s1. The van der Waals surface area contributed by atoms with Crippen LogP contribution < -0.4 is 5.32 Å². The number of carbonyl (C=O) groups excluding carboxylic acids is 1. The first-order valence-electron chi connectivity index (χ1n) is 9.98. The third kappa shape index (κ3) is 4.18. The van der Waals surface area contributed by atoms with E-state index in [1.54, 1.807) is 0 Å². The van der Waals surface area contributed by atoms with Crippen LogP contribution in [0.5, 0.6) is 0 Å². The first-order chi connectivity index (χ1) is 12.8. The molecule has 1 aliphatic carbocycles. The molecule has 6 nitrogen and oxygen atoms in total. The fraction of sp³-hybridized carbons (Fsp3) is 0.700. The molecule has 0 unspecified atom stereocenters. The second-order valence-electron chi connectivity index (χ2n) is 7.65. The lowest BCUT2D eigenvalue weighted by atomic mass is 9.93. The Kier molecular flexibility index (Phi) is 5.70. The summed E-state index contributed by atoms with van der Waals surface area (Å²) in [5, 5.41) is 7.90. The van der Waals surface area contributed by atoms with E-state index in [1.165, 1.54) is 5.56 Å². The molecule has 0 saturated carbocycles. The Balaban J connectivity index is 1.35. The monoisotopic (exact) mass is 359 g/mol.